The van der Waals surface area contributed by atoms with Gasteiger partial charge in [0.05, 0.1) is 22.3 Å². The molecule has 1 saturated carbocycles. The smallest absolute Gasteiger partial charge is 0.179 e. The SMILES string of the molecule is CC(CNCCS(=O)(=O)c1cccc(C#N)c1)C1CC1. The standard InChI is InChI=1S/C15H20N2O2S/c1-12(14-5-6-14)11-17-7-8-20(18,19)15-4-2-3-13(9-15)10-16/h2-4,9,12,14,17H,5-8,11H2,1H3. The zero-order valence-corrected chi connectivity index (χ0v) is 12.5. The predicted molar refractivity (Wildman–Crippen MR) is 78.0 cm³/mol. The van der Waals surface area contributed by atoms with Crippen LogP contribution in [0.5, 0.6) is 0 Å². The van der Waals surface area contributed by atoms with Crippen LogP contribution in [0.25, 0.3) is 0 Å². The van der Waals surface area contributed by atoms with Crippen molar-refractivity contribution in [2.75, 3.05) is 18.8 Å². The fourth-order valence-electron chi connectivity index (χ4n) is 2.25. The second-order valence-corrected chi connectivity index (χ2v) is 7.59. The molecule has 0 bridgehead atoms. The number of benzene rings is 1. The summed E-state index contributed by atoms with van der Waals surface area (Å²) in [6.07, 6.45) is 2.62. The van der Waals surface area contributed by atoms with E-state index in [1.54, 1.807) is 18.2 Å². The van der Waals surface area contributed by atoms with Gasteiger partial charge in [-0.25, -0.2) is 8.42 Å². The lowest BCUT2D eigenvalue weighted by molar-refractivity contribution is 0.468. The van der Waals surface area contributed by atoms with Crippen molar-refractivity contribution in [2.24, 2.45) is 11.8 Å². The maximum atomic E-state index is 12.1. The highest BCUT2D eigenvalue weighted by Gasteiger charge is 2.27. The number of rotatable bonds is 7. The maximum absolute atomic E-state index is 12.1. The van der Waals surface area contributed by atoms with Gasteiger partial charge in [-0.2, -0.15) is 5.26 Å². The molecule has 5 heteroatoms. The molecular weight excluding hydrogens is 272 g/mol. The molecule has 0 heterocycles. The summed E-state index contributed by atoms with van der Waals surface area (Å²) in [5.41, 5.74) is 0.376. The molecule has 1 atom stereocenters. The summed E-state index contributed by atoms with van der Waals surface area (Å²) in [5.74, 6) is 1.52. The van der Waals surface area contributed by atoms with E-state index in [1.807, 2.05) is 6.07 Å². The van der Waals surface area contributed by atoms with Gasteiger partial charge in [0.2, 0.25) is 0 Å². The molecule has 1 aliphatic carbocycles. The molecule has 2 rings (SSSR count). The molecule has 1 aromatic carbocycles. The third kappa shape index (κ3) is 4.06. The fourth-order valence-corrected chi connectivity index (χ4v) is 3.49. The third-order valence-electron chi connectivity index (χ3n) is 3.76. The molecule has 1 fully saturated rings. The minimum Gasteiger partial charge on any atom is -0.315 e. The van der Waals surface area contributed by atoms with Crippen LogP contribution in [-0.2, 0) is 9.84 Å². The van der Waals surface area contributed by atoms with E-state index >= 15 is 0 Å². The number of hydrogen-bond donors (Lipinski definition) is 1. The van der Waals surface area contributed by atoms with Gasteiger partial charge in [-0.1, -0.05) is 13.0 Å². The van der Waals surface area contributed by atoms with Crippen LogP contribution in [0.3, 0.4) is 0 Å². The van der Waals surface area contributed by atoms with E-state index in [1.165, 1.54) is 18.9 Å². The Labute approximate surface area is 120 Å². The molecule has 0 aliphatic heterocycles. The zero-order valence-electron chi connectivity index (χ0n) is 11.7. The van der Waals surface area contributed by atoms with Gasteiger partial charge in [0, 0.05) is 6.54 Å². The van der Waals surface area contributed by atoms with Gasteiger partial charge in [-0.05, 0) is 49.4 Å². The number of hydrogen-bond acceptors (Lipinski definition) is 4. The highest BCUT2D eigenvalue weighted by molar-refractivity contribution is 7.91. The molecule has 1 N–H and O–H groups in total. The summed E-state index contributed by atoms with van der Waals surface area (Å²) in [5, 5.41) is 12.0. The van der Waals surface area contributed by atoms with Crippen LogP contribution in [0, 0.1) is 23.2 Å². The monoisotopic (exact) mass is 292 g/mol. The molecule has 1 unspecified atom stereocenters. The quantitative estimate of drug-likeness (QED) is 0.780. The van der Waals surface area contributed by atoms with Crippen molar-refractivity contribution in [1.29, 1.82) is 5.26 Å². The Bertz CT molecular complexity index is 601. The van der Waals surface area contributed by atoms with Gasteiger partial charge in [0.15, 0.2) is 9.84 Å². The first-order chi connectivity index (χ1) is 9.53. The van der Waals surface area contributed by atoms with Gasteiger partial charge in [0.25, 0.3) is 0 Å². The molecule has 0 radical (unpaired) electrons. The zero-order chi connectivity index (χ0) is 14.6. The van der Waals surface area contributed by atoms with Gasteiger partial charge in [0.1, 0.15) is 0 Å². The van der Waals surface area contributed by atoms with E-state index in [-0.39, 0.29) is 10.6 Å². The predicted octanol–water partition coefficient (Wildman–Crippen LogP) is 1.97. The van der Waals surface area contributed by atoms with Crippen LogP contribution in [-0.4, -0.2) is 27.3 Å². The van der Waals surface area contributed by atoms with Crippen LogP contribution < -0.4 is 5.32 Å². The lowest BCUT2D eigenvalue weighted by Gasteiger charge is -2.11. The highest BCUT2D eigenvalue weighted by Crippen LogP contribution is 2.35. The Hall–Kier alpha value is -1.38. The van der Waals surface area contributed by atoms with Crippen LogP contribution >= 0.6 is 0 Å². The van der Waals surface area contributed by atoms with E-state index < -0.39 is 9.84 Å². The van der Waals surface area contributed by atoms with Crippen molar-refractivity contribution >= 4 is 9.84 Å². The molecule has 0 saturated heterocycles. The number of nitrogens with one attached hydrogen (secondary N) is 1. The van der Waals surface area contributed by atoms with E-state index in [9.17, 15) is 8.42 Å². The molecule has 0 spiro atoms. The summed E-state index contributed by atoms with van der Waals surface area (Å²) in [6, 6.07) is 8.15. The third-order valence-corrected chi connectivity index (χ3v) is 5.48. The highest BCUT2D eigenvalue weighted by atomic mass is 32.2. The first-order valence-electron chi connectivity index (χ1n) is 6.96. The van der Waals surface area contributed by atoms with Gasteiger partial charge >= 0.3 is 0 Å². The number of sulfone groups is 1. The van der Waals surface area contributed by atoms with Crippen LogP contribution in [0.15, 0.2) is 29.2 Å². The number of nitriles is 1. The largest absolute Gasteiger partial charge is 0.315 e. The van der Waals surface area contributed by atoms with Crippen molar-refractivity contribution in [2.45, 2.75) is 24.7 Å². The second kappa shape index (κ2) is 6.38. The topological polar surface area (TPSA) is 70.0 Å². The molecule has 0 aromatic heterocycles. The fraction of sp³-hybridized carbons (Fsp3) is 0.533. The molecule has 4 nitrogen and oxygen atoms in total. The van der Waals surface area contributed by atoms with Crippen LogP contribution in [0.1, 0.15) is 25.3 Å². The van der Waals surface area contributed by atoms with E-state index in [2.05, 4.69) is 12.2 Å². The van der Waals surface area contributed by atoms with Crippen molar-refractivity contribution in [3.63, 3.8) is 0 Å². The Morgan fingerprint density at radius 2 is 2.20 bits per heavy atom. The minimum absolute atomic E-state index is 0.0687. The molecule has 20 heavy (non-hydrogen) atoms. The first-order valence-corrected chi connectivity index (χ1v) is 8.62. The Kier molecular flexibility index (Phi) is 4.79. The Morgan fingerprint density at radius 3 is 2.85 bits per heavy atom. The molecule has 0 amide bonds. The summed E-state index contributed by atoms with van der Waals surface area (Å²) in [6.45, 7) is 3.53. The molecular formula is C15H20N2O2S. The van der Waals surface area contributed by atoms with Crippen molar-refractivity contribution < 1.29 is 8.42 Å². The average Bonchev–Trinajstić information content (AvgIpc) is 3.28. The average molecular weight is 292 g/mol. The van der Waals surface area contributed by atoms with Crippen LogP contribution in [0.4, 0.5) is 0 Å². The summed E-state index contributed by atoms with van der Waals surface area (Å²) < 4.78 is 24.3. The second-order valence-electron chi connectivity index (χ2n) is 5.48. The lowest BCUT2D eigenvalue weighted by Crippen LogP contribution is -2.27. The van der Waals surface area contributed by atoms with Gasteiger partial charge < -0.3 is 5.32 Å². The molecule has 1 aliphatic rings. The summed E-state index contributed by atoms with van der Waals surface area (Å²) in [7, 11) is -3.31. The van der Waals surface area contributed by atoms with Gasteiger partial charge in [-0.15, -0.1) is 0 Å². The van der Waals surface area contributed by atoms with Crippen molar-refractivity contribution in [3.05, 3.63) is 29.8 Å². The Morgan fingerprint density at radius 1 is 1.45 bits per heavy atom. The molecule has 1 aromatic rings. The maximum Gasteiger partial charge on any atom is 0.179 e. The summed E-state index contributed by atoms with van der Waals surface area (Å²) in [4.78, 5) is 0.230. The normalized spacial score (nSPS) is 16.6. The van der Waals surface area contributed by atoms with E-state index in [4.69, 9.17) is 5.26 Å². The summed E-state index contributed by atoms with van der Waals surface area (Å²) >= 11 is 0. The van der Waals surface area contributed by atoms with E-state index in [0.29, 0.717) is 18.0 Å². The van der Waals surface area contributed by atoms with E-state index in [0.717, 1.165) is 12.5 Å². The minimum atomic E-state index is -3.31. The van der Waals surface area contributed by atoms with Crippen LogP contribution in [0.2, 0.25) is 0 Å². The first kappa shape index (κ1) is 15.0. The molecule has 108 valence electrons. The van der Waals surface area contributed by atoms with Gasteiger partial charge in [-0.3, -0.25) is 0 Å². The van der Waals surface area contributed by atoms with Crippen molar-refractivity contribution in [1.82, 2.24) is 5.32 Å². The number of nitrogens with zero attached hydrogens (tertiary/aromatic N) is 1. The van der Waals surface area contributed by atoms with Crippen molar-refractivity contribution in [3.8, 4) is 6.07 Å². The Balaban J connectivity index is 1.85. The lowest BCUT2D eigenvalue weighted by atomic mass is 10.1.